The van der Waals surface area contributed by atoms with Crippen LogP contribution in [0.15, 0.2) is 16.6 Å². The van der Waals surface area contributed by atoms with Crippen molar-refractivity contribution in [3.8, 4) is 5.75 Å². The van der Waals surface area contributed by atoms with Gasteiger partial charge in [-0.15, -0.1) is 11.8 Å². The van der Waals surface area contributed by atoms with E-state index in [2.05, 4.69) is 22.9 Å². The Morgan fingerprint density at radius 2 is 2.31 bits per heavy atom. The summed E-state index contributed by atoms with van der Waals surface area (Å²) in [5.74, 6) is 1.88. The predicted molar refractivity (Wildman–Crippen MR) is 70.4 cm³/mol. The first-order valence-corrected chi connectivity index (χ1v) is 7.04. The monoisotopic (exact) mass is 300 g/mol. The van der Waals surface area contributed by atoms with Crippen LogP contribution in [0.25, 0.3) is 0 Å². The number of methoxy groups -OCH3 is 1. The number of carbonyl (C=O) groups is 1. The molecule has 1 aromatic rings. The van der Waals surface area contributed by atoms with Gasteiger partial charge in [-0.05, 0) is 18.6 Å². The SMILES string of the molecule is CCC1SCc2c(OC)ccc(Br)c2C1=O. The lowest BCUT2D eigenvalue weighted by Gasteiger charge is -2.24. The Kier molecular flexibility index (Phi) is 3.60. The van der Waals surface area contributed by atoms with Crippen LogP contribution in [-0.4, -0.2) is 18.1 Å². The Labute approximate surface area is 108 Å². The molecule has 0 N–H and O–H groups in total. The van der Waals surface area contributed by atoms with Crippen molar-refractivity contribution >= 4 is 33.5 Å². The molecule has 1 aliphatic heterocycles. The number of Topliss-reactive ketones (excluding diaryl/α,β-unsaturated/α-hetero) is 1. The second-order valence-corrected chi connectivity index (χ2v) is 5.72. The number of fused-ring (bicyclic) bond motifs is 1. The molecule has 0 aromatic heterocycles. The van der Waals surface area contributed by atoms with Crippen LogP contribution < -0.4 is 4.74 Å². The molecule has 2 nitrogen and oxygen atoms in total. The number of ketones is 1. The Hall–Kier alpha value is -0.480. The Balaban J connectivity index is 2.54. The molecule has 0 radical (unpaired) electrons. The van der Waals surface area contributed by atoms with Gasteiger partial charge in [-0.25, -0.2) is 0 Å². The van der Waals surface area contributed by atoms with Crippen molar-refractivity contribution in [2.45, 2.75) is 24.3 Å². The van der Waals surface area contributed by atoms with Gasteiger partial charge in [0.2, 0.25) is 0 Å². The van der Waals surface area contributed by atoms with Crippen molar-refractivity contribution in [3.63, 3.8) is 0 Å². The number of thioether (sulfide) groups is 1. The van der Waals surface area contributed by atoms with Gasteiger partial charge in [0, 0.05) is 21.4 Å². The summed E-state index contributed by atoms with van der Waals surface area (Å²) in [5.41, 5.74) is 1.83. The van der Waals surface area contributed by atoms with E-state index in [0.29, 0.717) is 0 Å². The number of carbonyl (C=O) groups excluding carboxylic acids is 1. The van der Waals surface area contributed by atoms with Crippen molar-refractivity contribution in [2.24, 2.45) is 0 Å². The van der Waals surface area contributed by atoms with E-state index in [-0.39, 0.29) is 11.0 Å². The zero-order valence-electron chi connectivity index (χ0n) is 9.25. The van der Waals surface area contributed by atoms with E-state index < -0.39 is 0 Å². The lowest BCUT2D eigenvalue weighted by atomic mass is 10.00. The fourth-order valence-electron chi connectivity index (χ4n) is 1.92. The third kappa shape index (κ3) is 1.89. The van der Waals surface area contributed by atoms with Crippen LogP contribution in [-0.2, 0) is 5.75 Å². The number of hydrogen-bond acceptors (Lipinski definition) is 3. The molecule has 4 heteroatoms. The zero-order chi connectivity index (χ0) is 11.7. The number of ether oxygens (including phenoxy) is 1. The molecule has 0 aliphatic carbocycles. The van der Waals surface area contributed by atoms with Crippen LogP contribution in [0.1, 0.15) is 29.3 Å². The molecule has 1 unspecified atom stereocenters. The predicted octanol–water partition coefficient (Wildman–Crippen LogP) is 3.67. The zero-order valence-corrected chi connectivity index (χ0v) is 11.7. The topological polar surface area (TPSA) is 26.3 Å². The van der Waals surface area contributed by atoms with E-state index in [1.54, 1.807) is 18.9 Å². The van der Waals surface area contributed by atoms with Gasteiger partial charge in [0.15, 0.2) is 5.78 Å². The van der Waals surface area contributed by atoms with Gasteiger partial charge in [0.25, 0.3) is 0 Å². The van der Waals surface area contributed by atoms with Crippen LogP contribution in [0, 0.1) is 0 Å². The van der Waals surface area contributed by atoms with Gasteiger partial charge < -0.3 is 4.74 Å². The average Bonchev–Trinajstić information content (AvgIpc) is 2.30. The smallest absolute Gasteiger partial charge is 0.177 e. The number of halogens is 1. The highest BCUT2D eigenvalue weighted by atomic mass is 79.9. The Morgan fingerprint density at radius 1 is 1.56 bits per heavy atom. The standard InChI is InChI=1S/C12H13BrO2S/c1-3-10-12(14)11-7(6-16-10)9(15-2)5-4-8(11)13/h4-5,10H,3,6H2,1-2H3. The fourth-order valence-corrected chi connectivity index (χ4v) is 3.65. The quantitative estimate of drug-likeness (QED) is 0.834. The maximum Gasteiger partial charge on any atom is 0.177 e. The summed E-state index contributed by atoms with van der Waals surface area (Å²) in [7, 11) is 1.64. The summed E-state index contributed by atoms with van der Waals surface area (Å²) in [4.78, 5) is 12.2. The van der Waals surface area contributed by atoms with Crippen molar-refractivity contribution in [1.82, 2.24) is 0 Å². The molecule has 0 saturated carbocycles. The lowest BCUT2D eigenvalue weighted by molar-refractivity contribution is 0.0984. The molecular weight excluding hydrogens is 288 g/mol. The maximum atomic E-state index is 12.2. The summed E-state index contributed by atoms with van der Waals surface area (Å²) in [5, 5.41) is 0.0934. The van der Waals surface area contributed by atoms with E-state index in [0.717, 1.165) is 33.5 Å². The maximum absolute atomic E-state index is 12.2. The highest BCUT2D eigenvalue weighted by molar-refractivity contribution is 9.10. The second kappa shape index (κ2) is 4.80. The summed E-state index contributed by atoms with van der Waals surface area (Å²) in [6, 6.07) is 3.79. The first kappa shape index (κ1) is 12.0. The minimum absolute atomic E-state index is 0.0934. The minimum atomic E-state index is 0.0934. The number of benzene rings is 1. The largest absolute Gasteiger partial charge is 0.496 e. The third-order valence-electron chi connectivity index (χ3n) is 2.78. The third-order valence-corrected chi connectivity index (χ3v) is 4.84. The van der Waals surface area contributed by atoms with E-state index in [4.69, 9.17) is 4.74 Å². The van der Waals surface area contributed by atoms with Gasteiger partial charge in [-0.1, -0.05) is 22.9 Å². The van der Waals surface area contributed by atoms with Gasteiger partial charge in [-0.2, -0.15) is 0 Å². The molecule has 16 heavy (non-hydrogen) atoms. The fraction of sp³-hybridized carbons (Fsp3) is 0.417. The Bertz CT molecular complexity index is 431. The molecule has 1 aromatic carbocycles. The molecule has 0 amide bonds. The van der Waals surface area contributed by atoms with Crippen molar-refractivity contribution in [2.75, 3.05) is 7.11 Å². The normalized spacial score (nSPS) is 19.4. The average molecular weight is 301 g/mol. The molecular formula is C12H13BrO2S. The molecule has 0 fully saturated rings. The van der Waals surface area contributed by atoms with Crippen LogP contribution >= 0.6 is 27.7 Å². The van der Waals surface area contributed by atoms with Crippen molar-refractivity contribution in [3.05, 3.63) is 27.7 Å². The Morgan fingerprint density at radius 3 is 2.94 bits per heavy atom. The number of rotatable bonds is 2. The highest BCUT2D eigenvalue weighted by Gasteiger charge is 2.30. The molecule has 0 saturated heterocycles. The lowest BCUT2D eigenvalue weighted by Crippen LogP contribution is -2.23. The second-order valence-electron chi connectivity index (χ2n) is 3.68. The van der Waals surface area contributed by atoms with Crippen LogP contribution in [0.3, 0.4) is 0 Å². The molecule has 1 heterocycles. The van der Waals surface area contributed by atoms with Crippen molar-refractivity contribution in [1.29, 1.82) is 0 Å². The van der Waals surface area contributed by atoms with E-state index >= 15 is 0 Å². The molecule has 1 aliphatic rings. The summed E-state index contributed by atoms with van der Waals surface area (Å²) in [6.45, 7) is 2.05. The molecule has 1 atom stereocenters. The van der Waals surface area contributed by atoms with Gasteiger partial charge in [0.1, 0.15) is 5.75 Å². The first-order valence-electron chi connectivity index (χ1n) is 5.20. The highest BCUT2D eigenvalue weighted by Crippen LogP contribution is 2.40. The summed E-state index contributed by atoms with van der Waals surface area (Å²) in [6.07, 6.45) is 0.882. The minimum Gasteiger partial charge on any atom is -0.496 e. The van der Waals surface area contributed by atoms with E-state index in [1.807, 2.05) is 12.1 Å². The van der Waals surface area contributed by atoms with E-state index in [9.17, 15) is 4.79 Å². The van der Waals surface area contributed by atoms with E-state index in [1.165, 1.54) is 0 Å². The van der Waals surface area contributed by atoms with Gasteiger partial charge in [0.05, 0.1) is 12.4 Å². The molecule has 0 spiro atoms. The first-order chi connectivity index (χ1) is 7.69. The van der Waals surface area contributed by atoms with Gasteiger partial charge >= 0.3 is 0 Å². The van der Waals surface area contributed by atoms with Gasteiger partial charge in [-0.3, -0.25) is 4.79 Å². The summed E-state index contributed by atoms with van der Waals surface area (Å²) >= 11 is 5.16. The van der Waals surface area contributed by atoms with Crippen molar-refractivity contribution < 1.29 is 9.53 Å². The molecule has 86 valence electrons. The van der Waals surface area contributed by atoms with Crippen LogP contribution in [0.4, 0.5) is 0 Å². The summed E-state index contributed by atoms with van der Waals surface area (Å²) < 4.78 is 6.18. The van der Waals surface area contributed by atoms with Crippen LogP contribution in [0.2, 0.25) is 0 Å². The number of hydrogen-bond donors (Lipinski definition) is 0. The van der Waals surface area contributed by atoms with Crippen LogP contribution in [0.5, 0.6) is 5.75 Å². The molecule has 2 rings (SSSR count). The molecule has 0 bridgehead atoms.